The number of rotatable bonds is 9. The van der Waals surface area contributed by atoms with Crippen molar-refractivity contribution >= 4 is 11.8 Å². The molecule has 0 aliphatic heterocycles. The van der Waals surface area contributed by atoms with Crippen molar-refractivity contribution in [2.45, 2.75) is 63.6 Å². The second kappa shape index (κ2) is 7.76. The zero-order valence-corrected chi connectivity index (χ0v) is 12.4. The highest BCUT2D eigenvalue weighted by Crippen LogP contribution is 2.42. The fourth-order valence-corrected chi connectivity index (χ4v) is 2.61. The van der Waals surface area contributed by atoms with Gasteiger partial charge in [0.05, 0.1) is 12.5 Å². The number of carbonyl (C=O) groups excluding carboxylic acids is 1. The van der Waals surface area contributed by atoms with E-state index in [4.69, 9.17) is 5.11 Å². The van der Waals surface area contributed by atoms with Gasteiger partial charge in [0, 0.05) is 17.9 Å². The number of hydrogen-bond donors (Lipinski definition) is 2. The Morgan fingerprint density at radius 1 is 1.41 bits per heavy atom. The van der Waals surface area contributed by atoms with Crippen LogP contribution < -0.4 is 0 Å². The second-order valence-electron chi connectivity index (χ2n) is 5.58. The first-order chi connectivity index (χ1) is 10.2. The molecular formula is C15H21F3O4. The van der Waals surface area contributed by atoms with Gasteiger partial charge in [0.2, 0.25) is 6.17 Å². The van der Waals surface area contributed by atoms with E-state index in [2.05, 4.69) is 0 Å². The highest BCUT2D eigenvalue weighted by Gasteiger charge is 2.52. The minimum absolute atomic E-state index is 0.167. The van der Waals surface area contributed by atoms with Crippen molar-refractivity contribution < 1.29 is 33.0 Å². The predicted molar refractivity (Wildman–Crippen MR) is 73.4 cm³/mol. The van der Waals surface area contributed by atoms with E-state index in [1.807, 2.05) is 6.92 Å². The molecule has 4 nitrogen and oxygen atoms in total. The largest absolute Gasteiger partial charge is 0.481 e. The lowest BCUT2D eigenvalue weighted by molar-refractivity contribution is -0.140. The third-order valence-electron chi connectivity index (χ3n) is 3.85. The Labute approximate surface area is 127 Å². The molecule has 0 aromatic heterocycles. The number of alkyl halides is 3. The number of aliphatic carboxylic acids is 1. The van der Waals surface area contributed by atoms with Gasteiger partial charge in [0.25, 0.3) is 0 Å². The van der Waals surface area contributed by atoms with E-state index in [0.717, 1.165) is 12.5 Å². The maximum absolute atomic E-state index is 14.2. The van der Waals surface area contributed by atoms with Crippen LogP contribution >= 0.6 is 0 Å². The number of hydrogen-bond acceptors (Lipinski definition) is 3. The summed E-state index contributed by atoms with van der Waals surface area (Å²) < 4.78 is 42.3. The number of unbranched alkanes of at least 4 members (excludes halogenated alkanes) is 2. The summed E-state index contributed by atoms with van der Waals surface area (Å²) in [6.07, 6.45) is -2.75. The molecule has 0 amide bonds. The Morgan fingerprint density at radius 2 is 2.05 bits per heavy atom. The lowest BCUT2D eigenvalue weighted by Gasteiger charge is -2.26. The zero-order chi connectivity index (χ0) is 16.9. The first-order valence-corrected chi connectivity index (χ1v) is 7.36. The first-order valence-electron chi connectivity index (χ1n) is 7.36. The molecule has 7 heteroatoms. The molecule has 126 valence electrons. The summed E-state index contributed by atoms with van der Waals surface area (Å²) in [4.78, 5) is 22.3. The van der Waals surface area contributed by atoms with Crippen LogP contribution in [0.15, 0.2) is 11.6 Å². The normalized spacial score (nSPS) is 23.2. The highest BCUT2D eigenvalue weighted by molar-refractivity contribution is 5.84. The lowest BCUT2D eigenvalue weighted by Crippen LogP contribution is -2.41. The standard InChI is InChI=1S/C15H21F3O4/c1-2-3-4-5-12(20)14(16)15(17,18)10-6-7-11(19)9(10)8-13(21)22/h6,9,11,14,19H,2-5,7-8H2,1H3,(H,21,22). The Bertz CT molecular complexity index is 448. The summed E-state index contributed by atoms with van der Waals surface area (Å²) in [6, 6.07) is 0. The Morgan fingerprint density at radius 3 is 2.59 bits per heavy atom. The maximum atomic E-state index is 14.2. The fourth-order valence-electron chi connectivity index (χ4n) is 2.61. The van der Waals surface area contributed by atoms with Crippen LogP contribution in [0.5, 0.6) is 0 Å². The van der Waals surface area contributed by atoms with Gasteiger partial charge in [0.15, 0.2) is 5.78 Å². The minimum atomic E-state index is -4.08. The van der Waals surface area contributed by atoms with Crippen molar-refractivity contribution in [2.24, 2.45) is 5.92 Å². The summed E-state index contributed by atoms with van der Waals surface area (Å²) in [5.41, 5.74) is -0.779. The molecule has 0 radical (unpaired) electrons. The van der Waals surface area contributed by atoms with Gasteiger partial charge in [-0.2, -0.15) is 8.78 Å². The van der Waals surface area contributed by atoms with E-state index in [-0.39, 0.29) is 12.8 Å². The first kappa shape index (κ1) is 18.7. The van der Waals surface area contributed by atoms with Gasteiger partial charge in [-0.25, -0.2) is 4.39 Å². The molecule has 0 fully saturated rings. The molecule has 0 saturated heterocycles. The molecule has 0 heterocycles. The number of ketones is 1. The molecule has 3 unspecified atom stereocenters. The molecule has 0 spiro atoms. The Balaban J connectivity index is 2.82. The fraction of sp³-hybridized carbons (Fsp3) is 0.733. The topological polar surface area (TPSA) is 74.6 Å². The monoisotopic (exact) mass is 322 g/mol. The quantitative estimate of drug-likeness (QED) is 0.505. The third-order valence-corrected chi connectivity index (χ3v) is 3.85. The van der Waals surface area contributed by atoms with Gasteiger partial charge in [-0.15, -0.1) is 0 Å². The van der Waals surface area contributed by atoms with Gasteiger partial charge in [-0.3, -0.25) is 9.59 Å². The van der Waals surface area contributed by atoms with E-state index in [9.17, 15) is 27.9 Å². The summed E-state index contributed by atoms with van der Waals surface area (Å²) in [5.74, 6) is -8.00. The molecule has 0 aromatic rings. The SMILES string of the molecule is CCCCCC(=O)C(F)C(F)(F)C1=CCC(O)C1CC(=O)O. The highest BCUT2D eigenvalue weighted by atomic mass is 19.3. The van der Waals surface area contributed by atoms with Crippen molar-refractivity contribution in [3.05, 3.63) is 11.6 Å². The predicted octanol–water partition coefficient (Wildman–Crippen LogP) is 2.89. The van der Waals surface area contributed by atoms with E-state index in [0.29, 0.717) is 12.8 Å². The summed E-state index contributed by atoms with van der Waals surface area (Å²) >= 11 is 0. The van der Waals surface area contributed by atoms with Crippen molar-refractivity contribution in [1.82, 2.24) is 0 Å². The van der Waals surface area contributed by atoms with Gasteiger partial charge in [0.1, 0.15) is 0 Å². The number of Topliss-reactive ketones (excluding diaryl/α,β-unsaturated/α-hetero) is 1. The van der Waals surface area contributed by atoms with Crippen molar-refractivity contribution in [3.8, 4) is 0 Å². The maximum Gasteiger partial charge on any atom is 0.307 e. The molecule has 0 saturated carbocycles. The van der Waals surface area contributed by atoms with Gasteiger partial charge < -0.3 is 10.2 Å². The van der Waals surface area contributed by atoms with E-state index in [1.54, 1.807) is 0 Å². The Kier molecular flexibility index (Phi) is 6.59. The smallest absolute Gasteiger partial charge is 0.307 e. The van der Waals surface area contributed by atoms with Crippen LogP contribution in [-0.2, 0) is 9.59 Å². The molecule has 1 aliphatic rings. The van der Waals surface area contributed by atoms with E-state index < -0.39 is 47.9 Å². The van der Waals surface area contributed by atoms with Crippen LogP contribution in [0.4, 0.5) is 13.2 Å². The van der Waals surface area contributed by atoms with Crippen LogP contribution in [0.1, 0.15) is 45.4 Å². The average Bonchev–Trinajstić information content (AvgIpc) is 2.79. The number of carboxylic acid groups (broad SMARTS) is 1. The second-order valence-corrected chi connectivity index (χ2v) is 5.58. The van der Waals surface area contributed by atoms with Crippen molar-refractivity contribution in [3.63, 3.8) is 0 Å². The minimum Gasteiger partial charge on any atom is -0.481 e. The molecule has 1 rings (SSSR count). The number of aliphatic hydroxyl groups is 1. The summed E-state index contributed by atoms with van der Waals surface area (Å²) in [6.45, 7) is 1.87. The molecule has 22 heavy (non-hydrogen) atoms. The molecule has 0 aromatic carbocycles. The molecule has 3 atom stereocenters. The number of carboxylic acids is 1. The van der Waals surface area contributed by atoms with Gasteiger partial charge >= 0.3 is 11.9 Å². The van der Waals surface area contributed by atoms with Gasteiger partial charge in [-0.1, -0.05) is 25.8 Å². The van der Waals surface area contributed by atoms with Crippen LogP contribution in [0.2, 0.25) is 0 Å². The van der Waals surface area contributed by atoms with Crippen LogP contribution in [-0.4, -0.2) is 40.2 Å². The van der Waals surface area contributed by atoms with Crippen LogP contribution in [0.3, 0.4) is 0 Å². The molecular weight excluding hydrogens is 301 g/mol. The molecule has 0 bridgehead atoms. The average molecular weight is 322 g/mol. The third kappa shape index (κ3) is 4.32. The van der Waals surface area contributed by atoms with E-state index >= 15 is 0 Å². The number of halogens is 3. The Hall–Kier alpha value is -1.37. The summed E-state index contributed by atoms with van der Waals surface area (Å²) in [7, 11) is 0. The number of aliphatic hydroxyl groups excluding tert-OH is 1. The van der Waals surface area contributed by atoms with Crippen LogP contribution in [0, 0.1) is 5.92 Å². The van der Waals surface area contributed by atoms with E-state index in [1.165, 1.54) is 0 Å². The summed E-state index contributed by atoms with van der Waals surface area (Å²) in [5, 5.41) is 18.3. The lowest BCUT2D eigenvalue weighted by atomic mass is 9.88. The zero-order valence-electron chi connectivity index (χ0n) is 12.4. The number of carbonyl (C=O) groups is 2. The van der Waals surface area contributed by atoms with Crippen molar-refractivity contribution in [2.75, 3.05) is 0 Å². The van der Waals surface area contributed by atoms with Crippen molar-refractivity contribution in [1.29, 1.82) is 0 Å². The molecule has 1 aliphatic carbocycles. The van der Waals surface area contributed by atoms with Gasteiger partial charge in [-0.05, 0) is 12.8 Å². The molecule has 2 N–H and O–H groups in total. The van der Waals surface area contributed by atoms with Crippen LogP contribution in [0.25, 0.3) is 0 Å².